The van der Waals surface area contributed by atoms with Gasteiger partial charge < -0.3 is 20.3 Å². The fourth-order valence-corrected chi connectivity index (χ4v) is 2.56. The molecule has 0 aliphatic carbocycles. The lowest BCUT2D eigenvalue weighted by atomic mass is 10.1. The Kier molecular flexibility index (Phi) is 4.49. The second-order valence-electron chi connectivity index (χ2n) is 5.31. The van der Waals surface area contributed by atoms with Crippen LogP contribution in [0.2, 0.25) is 0 Å². The topological polar surface area (TPSA) is 58.8 Å². The number of amides is 1. The van der Waals surface area contributed by atoms with Gasteiger partial charge in [0.15, 0.2) is 0 Å². The molecule has 0 aromatic heterocycles. The molecule has 1 unspecified atom stereocenters. The van der Waals surface area contributed by atoms with E-state index in [-0.39, 0.29) is 5.91 Å². The highest BCUT2D eigenvalue weighted by Gasteiger charge is 2.30. The van der Waals surface area contributed by atoms with Crippen molar-refractivity contribution < 1.29 is 9.53 Å². The molecule has 20 heavy (non-hydrogen) atoms. The predicted octanol–water partition coefficient (Wildman–Crippen LogP) is 1.44. The molecule has 1 amide bonds. The monoisotopic (exact) mass is 277 g/mol. The molecule has 5 heteroatoms. The first-order valence-electron chi connectivity index (χ1n) is 7.01. The Morgan fingerprint density at radius 1 is 1.50 bits per heavy atom. The lowest BCUT2D eigenvalue weighted by molar-refractivity contribution is 0.0780. The van der Waals surface area contributed by atoms with E-state index in [4.69, 9.17) is 10.5 Å². The van der Waals surface area contributed by atoms with Crippen molar-refractivity contribution in [2.45, 2.75) is 19.4 Å². The van der Waals surface area contributed by atoms with E-state index >= 15 is 0 Å². The third-order valence-corrected chi connectivity index (χ3v) is 3.75. The van der Waals surface area contributed by atoms with Crippen molar-refractivity contribution in [2.75, 3.05) is 39.5 Å². The first-order valence-corrected chi connectivity index (χ1v) is 7.01. The van der Waals surface area contributed by atoms with Gasteiger partial charge in [0, 0.05) is 24.8 Å². The van der Waals surface area contributed by atoms with E-state index in [0.29, 0.717) is 29.6 Å². The van der Waals surface area contributed by atoms with E-state index in [9.17, 15) is 4.79 Å². The van der Waals surface area contributed by atoms with E-state index < -0.39 is 0 Å². The smallest absolute Gasteiger partial charge is 0.259 e. The van der Waals surface area contributed by atoms with Gasteiger partial charge in [-0.2, -0.15) is 0 Å². The molecule has 0 spiro atoms. The SMILES string of the molecule is CCOc1cccc(N)c1C(=O)N1CCC(N(C)C)C1. The van der Waals surface area contributed by atoms with Gasteiger partial charge in [0.25, 0.3) is 5.91 Å². The second kappa shape index (κ2) is 6.13. The van der Waals surface area contributed by atoms with Crippen LogP contribution in [0.4, 0.5) is 5.69 Å². The highest BCUT2D eigenvalue weighted by Crippen LogP contribution is 2.28. The first-order chi connectivity index (χ1) is 9.54. The molecule has 1 fully saturated rings. The van der Waals surface area contributed by atoms with Gasteiger partial charge in [0.1, 0.15) is 11.3 Å². The Morgan fingerprint density at radius 2 is 2.25 bits per heavy atom. The van der Waals surface area contributed by atoms with Crippen molar-refractivity contribution >= 4 is 11.6 Å². The van der Waals surface area contributed by atoms with Crippen LogP contribution in [-0.2, 0) is 0 Å². The van der Waals surface area contributed by atoms with E-state index in [2.05, 4.69) is 4.90 Å². The normalized spacial score (nSPS) is 18.6. The molecule has 1 aromatic carbocycles. The van der Waals surface area contributed by atoms with Crippen molar-refractivity contribution in [3.63, 3.8) is 0 Å². The number of ether oxygens (including phenoxy) is 1. The highest BCUT2D eigenvalue weighted by atomic mass is 16.5. The van der Waals surface area contributed by atoms with E-state index in [1.165, 1.54) is 0 Å². The van der Waals surface area contributed by atoms with Crippen molar-refractivity contribution in [1.29, 1.82) is 0 Å². The van der Waals surface area contributed by atoms with Gasteiger partial charge in [-0.3, -0.25) is 4.79 Å². The summed E-state index contributed by atoms with van der Waals surface area (Å²) in [6.07, 6.45) is 0.995. The predicted molar refractivity (Wildman–Crippen MR) is 80.0 cm³/mol. The number of anilines is 1. The van der Waals surface area contributed by atoms with Crippen LogP contribution >= 0.6 is 0 Å². The van der Waals surface area contributed by atoms with Crippen molar-refractivity contribution in [3.05, 3.63) is 23.8 Å². The highest BCUT2D eigenvalue weighted by molar-refractivity contribution is 6.02. The molecular weight excluding hydrogens is 254 g/mol. The minimum Gasteiger partial charge on any atom is -0.493 e. The third kappa shape index (κ3) is 2.88. The number of benzene rings is 1. The number of likely N-dealkylation sites (tertiary alicyclic amines) is 1. The Bertz CT molecular complexity index is 488. The minimum absolute atomic E-state index is 0.0316. The number of rotatable bonds is 4. The van der Waals surface area contributed by atoms with Crippen LogP contribution in [0.1, 0.15) is 23.7 Å². The lowest BCUT2D eigenvalue weighted by Gasteiger charge is -2.22. The van der Waals surface area contributed by atoms with Crippen molar-refractivity contribution in [1.82, 2.24) is 9.80 Å². The number of hydrogen-bond donors (Lipinski definition) is 1. The average Bonchev–Trinajstić information content (AvgIpc) is 2.88. The summed E-state index contributed by atoms with van der Waals surface area (Å²) in [5.41, 5.74) is 6.95. The largest absolute Gasteiger partial charge is 0.493 e. The maximum Gasteiger partial charge on any atom is 0.259 e. The quantitative estimate of drug-likeness (QED) is 0.846. The minimum atomic E-state index is -0.0316. The Labute approximate surface area is 120 Å². The van der Waals surface area contributed by atoms with Crippen LogP contribution in [0.25, 0.3) is 0 Å². The standard InChI is InChI=1S/C15H23N3O2/c1-4-20-13-7-5-6-12(16)14(13)15(19)18-9-8-11(10-18)17(2)3/h5-7,11H,4,8-10,16H2,1-3H3. The van der Waals surface area contributed by atoms with E-state index in [1.54, 1.807) is 12.1 Å². The molecule has 0 bridgehead atoms. The fourth-order valence-electron chi connectivity index (χ4n) is 2.56. The zero-order valence-corrected chi connectivity index (χ0v) is 12.4. The van der Waals surface area contributed by atoms with Gasteiger partial charge in [-0.05, 0) is 39.6 Å². The summed E-state index contributed by atoms with van der Waals surface area (Å²) in [4.78, 5) is 16.7. The molecule has 2 N–H and O–H groups in total. The molecule has 1 aliphatic heterocycles. The van der Waals surface area contributed by atoms with Crippen LogP contribution in [0.5, 0.6) is 5.75 Å². The molecule has 0 radical (unpaired) electrons. The number of nitrogens with two attached hydrogens (primary N) is 1. The number of nitrogens with zero attached hydrogens (tertiary/aromatic N) is 2. The Hall–Kier alpha value is -1.75. The van der Waals surface area contributed by atoms with Crippen LogP contribution in [0, 0.1) is 0 Å². The molecule has 1 aromatic rings. The first kappa shape index (κ1) is 14.7. The molecule has 2 rings (SSSR count). The average molecular weight is 277 g/mol. The molecule has 1 aliphatic rings. The number of hydrogen-bond acceptors (Lipinski definition) is 4. The Morgan fingerprint density at radius 3 is 2.85 bits per heavy atom. The van der Waals surface area contributed by atoms with Crippen LogP contribution in [-0.4, -0.2) is 55.5 Å². The zero-order valence-electron chi connectivity index (χ0n) is 12.4. The van der Waals surface area contributed by atoms with Crippen LogP contribution < -0.4 is 10.5 Å². The summed E-state index contributed by atoms with van der Waals surface area (Å²) < 4.78 is 5.53. The molecule has 0 saturated carbocycles. The Balaban J connectivity index is 2.21. The number of carbonyl (C=O) groups excluding carboxylic acids is 1. The van der Waals surface area contributed by atoms with Crippen LogP contribution in [0.3, 0.4) is 0 Å². The molecule has 1 heterocycles. The fraction of sp³-hybridized carbons (Fsp3) is 0.533. The molecule has 1 saturated heterocycles. The second-order valence-corrected chi connectivity index (χ2v) is 5.31. The molecule has 110 valence electrons. The van der Waals surface area contributed by atoms with Gasteiger partial charge in [-0.1, -0.05) is 6.07 Å². The van der Waals surface area contributed by atoms with Gasteiger partial charge in [-0.25, -0.2) is 0 Å². The summed E-state index contributed by atoms with van der Waals surface area (Å²) in [6.45, 7) is 3.92. The maximum absolute atomic E-state index is 12.7. The maximum atomic E-state index is 12.7. The summed E-state index contributed by atoms with van der Waals surface area (Å²) in [5, 5.41) is 0. The summed E-state index contributed by atoms with van der Waals surface area (Å²) in [6, 6.07) is 5.77. The summed E-state index contributed by atoms with van der Waals surface area (Å²) in [5.74, 6) is 0.543. The molecular formula is C15H23N3O2. The van der Waals surface area contributed by atoms with Gasteiger partial charge in [0.2, 0.25) is 0 Å². The van der Waals surface area contributed by atoms with E-state index in [1.807, 2.05) is 32.0 Å². The van der Waals surface area contributed by atoms with Crippen LogP contribution in [0.15, 0.2) is 18.2 Å². The van der Waals surface area contributed by atoms with E-state index in [0.717, 1.165) is 19.5 Å². The van der Waals surface area contributed by atoms with Gasteiger partial charge in [0.05, 0.1) is 6.61 Å². The lowest BCUT2D eigenvalue weighted by Crippen LogP contribution is -2.35. The van der Waals surface area contributed by atoms with Crippen molar-refractivity contribution in [3.8, 4) is 5.75 Å². The van der Waals surface area contributed by atoms with Gasteiger partial charge >= 0.3 is 0 Å². The van der Waals surface area contributed by atoms with Gasteiger partial charge in [-0.15, -0.1) is 0 Å². The van der Waals surface area contributed by atoms with Crippen molar-refractivity contribution in [2.24, 2.45) is 0 Å². The zero-order chi connectivity index (χ0) is 14.7. The summed E-state index contributed by atoms with van der Waals surface area (Å²) >= 11 is 0. The number of likely N-dealkylation sites (N-methyl/N-ethyl adjacent to an activating group) is 1. The molecule has 5 nitrogen and oxygen atoms in total. The summed E-state index contributed by atoms with van der Waals surface area (Å²) in [7, 11) is 4.09. The number of carbonyl (C=O) groups is 1. The number of nitrogen functional groups attached to an aromatic ring is 1. The third-order valence-electron chi connectivity index (χ3n) is 3.75. The molecule has 1 atom stereocenters.